The largest absolute Gasteiger partial charge is 0.367 e. The molecule has 1 saturated heterocycles. The first-order chi connectivity index (χ1) is 11.6. The lowest BCUT2D eigenvalue weighted by Gasteiger charge is -2.35. The van der Waals surface area contributed by atoms with Gasteiger partial charge in [0.2, 0.25) is 5.91 Å². The van der Waals surface area contributed by atoms with Gasteiger partial charge in [-0.15, -0.1) is 0 Å². The van der Waals surface area contributed by atoms with Crippen molar-refractivity contribution in [3.8, 4) is 0 Å². The van der Waals surface area contributed by atoms with Gasteiger partial charge in [0, 0.05) is 32.6 Å². The first-order valence-corrected chi connectivity index (χ1v) is 9.14. The Morgan fingerprint density at radius 3 is 2.58 bits per heavy atom. The van der Waals surface area contributed by atoms with Crippen LogP contribution >= 0.6 is 12.2 Å². The van der Waals surface area contributed by atoms with Crippen LogP contribution < -0.4 is 15.5 Å². The maximum absolute atomic E-state index is 11.9. The Balaban J connectivity index is 1.92. The van der Waals surface area contributed by atoms with E-state index in [4.69, 9.17) is 12.2 Å². The lowest BCUT2D eigenvalue weighted by Crippen LogP contribution is -2.45. The molecule has 0 radical (unpaired) electrons. The van der Waals surface area contributed by atoms with Gasteiger partial charge in [-0.1, -0.05) is 31.9 Å². The normalized spacial score (nSPS) is 15.2. The summed E-state index contributed by atoms with van der Waals surface area (Å²) in [6.45, 7) is 6.20. The van der Waals surface area contributed by atoms with Crippen molar-refractivity contribution in [2.45, 2.75) is 32.6 Å². The summed E-state index contributed by atoms with van der Waals surface area (Å²) >= 11 is 5.30. The zero-order chi connectivity index (χ0) is 17.4. The number of hydrogen-bond acceptors (Lipinski definition) is 4. The van der Waals surface area contributed by atoms with Crippen molar-refractivity contribution in [1.82, 2.24) is 10.2 Å². The van der Waals surface area contributed by atoms with Crippen LogP contribution in [-0.2, 0) is 4.79 Å². The first-order valence-electron chi connectivity index (χ1n) is 8.73. The van der Waals surface area contributed by atoms with Crippen molar-refractivity contribution >= 4 is 34.6 Å². The fraction of sp³-hybridized carbons (Fsp3) is 0.556. The predicted octanol–water partition coefficient (Wildman–Crippen LogP) is 2.83. The molecular formula is C18H28N4OS. The minimum Gasteiger partial charge on any atom is -0.367 e. The third kappa shape index (κ3) is 5.76. The van der Waals surface area contributed by atoms with E-state index in [1.54, 1.807) is 0 Å². The average Bonchev–Trinajstić information content (AvgIpc) is 2.56. The highest BCUT2D eigenvalue weighted by Gasteiger charge is 2.17. The Bertz CT molecular complexity index is 556. The van der Waals surface area contributed by atoms with Crippen LogP contribution in [0.4, 0.5) is 11.4 Å². The summed E-state index contributed by atoms with van der Waals surface area (Å²) in [6, 6.07) is 8.11. The van der Waals surface area contributed by atoms with E-state index in [1.165, 1.54) is 0 Å². The van der Waals surface area contributed by atoms with Gasteiger partial charge in [-0.05, 0) is 37.8 Å². The van der Waals surface area contributed by atoms with Gasteiger partial charge >= 0.3 is 0 Å². The van der Waals surface area contributed by atoms with E-state index >= 15 is 0 Å². The third-order valence-electron chi connectivity index (χ3n) is 4.26. The fourth-order valence-electron chi connectivity index (χ4n) is 2.78. The number of thiocarbonyl (C=S) groups is 1. The van der Waals surface area contributed by atoms with E-state index in [2.05, 4.69) is 40.5 Å². The second-order valence-corrected chi connectivity index (χ2v) is 6.68. The van der Waals surface area contributed by atoms with Crippen LogP contribution in [-0.4, -0.2) is 49.1 Å². The predicted molar refractivity (Wildman–Crippen MR) is 105 cm³/mol. The van der Waals surface area contributed by atoms with E-state index in [0.29, 0.717) is 11.5 Å². The number of piperazine rings is 1. The van der Waals surface area contributed by atoms with Crippen molar-refractivity contribution in [2.75, 3.05) is 43.4 Å². The maximum Gasteiger partial charge on any atom is 0.226 e. The highest BCUT2D eigenvalue weighted by molar-refractivity contribution is 7.80. The van der Waals surface area contributed by atoms with Crippen molar-refractivity contribution in [2.24, 2.45) is 0 Å². The number of anilines is 2. The zero-order valence-corrected chi connectivity index (χ0v) is 15.5. The lowest BCUT2D eigenvalue weighted by molar-refractivity contribution is -0.119. The van der Waals surface area contributed by atoms with E-state index < -0.39 is 0 Å². The van der Waals surface area contributed by atoms with Crippen LogP contribution in [0.2, 0.25) is 0 Å². The third-order valence-corrected chi connectivity index (χ3v) is 4.46. The molecule has 132 valence electrons. The summed E-state index contributed by atoms with van der Waals surface area (Å²) in [6.07, 6.45) is 3.60. The highest BCUT2D eigenvalue weighted by Crippen LogP contribution is 2.26. The molecule has 0 saturated carbocycles. The number of carbonyl (C=O) groups is 1. The van der Waals surface area contributed by atoms with E-state index in [9.17, 15) is 4.79 Å². The van der Waals surface area contributed by atoms with Crippen molar-refractivity contribution in [1.29, 1.82) is 0 Å². The number of nitrogens with zero attached hydrogens (tertiary/aromatic N) is 2. The quantitative estimate of drug-likeness (QED) is 0.611. The van der Waals surface area contributed by atoms with Gasteiger partial charge in [0.05, 0.1) is 11.4 Å². The highest BCUT2D eigenvalue weighted by atomic mass is 32.1. The summed E-state index contributed by atoms with van der Waals surface area (Å²) in [5, 5.41) is 6.34. The molecule has 0 spiro atoms. The number of para-hydroxylation sites is 2. The molecule has 1 aliphatic rings. The molecular weight excluding hydrogens is 320 g/mol. The molecule has 1 amide bonds. The first kappa shape index (κ1) is 18.7. The Morgan fingerprint density at radius 1 is 1.17 bits per heavy atom. The van der Waals surface area contributed by atoms with Crippen molar-refractivity contribution in [3.63, 3.8) is 0 Å². The number of likely N-dealkylation sites (N-methyl/N-ethyl adjacent to an activating group) is 1. The van der Waals surface area contributed by atoms with Crippen LogP contribution in [0.3, 0.4) is 0 Å². The molecule has 0 unspecified atom stereocenters. The molecule has 1 aromatic carbocycles. The molecule has 6 heteroatoms. The van der Waals surface area contributed by atoms with Gasteiger partial charge in [0.25, 0.3) is 0 Å². The van der Waals surface area contributed by atoms with Gasteiger partial charge < -0.3 is 20.4 Å². The van der Waals surface area contributed by atoms with Gasteiger partial charge in [0.15, 0.2) is 5.11 Å². The molecule has 1 aromatic rings. The van der Waals surface area contributed by atoms with Crippen LogP contribution in [0.5, 0.6) is 0 Å². The molecule has 0 bridgehead atoms. The van der Waals surface area contributed by atoms with Crippen LogP contribution in [0.1, 0.15) is 32.6 Å². The monoisotopic (exact) mass is 348 g/mol. The van der Waals surface area contributed by atoms with Crippen molar-refractivity contribution < 1.29 is 4.79 Å². The zero-order valence-electron chi connectivity index (χ0n) is 14.7. The van der Waals surface area contributed by atoms with Gasteiger partial charge in [-0.2, -0.15) is 0 Å². The van der Waals surface area contributed by atoms with Crippen LogP contribution in [0.25, 0.3) is 0 Å². The van der Waals surface area contributed by atoms with E-state index in [-0.39, 0.29) is 5.91 Å². The number of unbranched alkanes of at least 4 members (excludes halogenated alkanes) is 2. The Labute approximate surface area is 150 Å². The molecule has 1 aliphatic heterocycles. The molecule has 1 heterocycles. The number of amides is 1. The second-order valence-electron chi connectivity index (χ2n) is 6.27. The Morgan fingerprint density at radius 2 is 1.88 bits per heavy atom. The summed E-state index contributed by atoms with van der Waals surface area (Å²) in [7, 11) is 2.14. The number of carbonyl (C=O) groups excluding carboxylic acids is 1. The number of benzene rings is 1. The molecule has 0 aromatic heterocycles. The minimum atomic E-state index is -0.0157. The second kappa shape index (κ2) is 9.59. The van der Waals surface area contributed by atoms with Gasteiger partial charge in [-0.3, -0.25) is 4.79 Å². The van der Waals surface area contributed by atoms with E-state index in [0.717, 1.165) is 56.8 Å². The number of nitrogens with one attached hydrogen (secondary N) is 2. The summed E-state index contributed by atoms with van der Waals surface area (Å²) in [5.41, 5.74) is 2.08. The molecule has 2 N–H and O–H groups in total. The molecule has 5 nitrogen and oxygen atoms in total. The van der Waals surface area contributed by atoms with Gasteiger partial charge in [0.1, 0.15) is 0 Å². The maximum atomic E-state index is 11.9. The van der Waals surface area contributed by atoms with Crippen LogP contribution in [0.15, 0.2) is 24.3 Å². The Kier molecular flexibility index (Phi) is 7.46. The summed E-state index contributed by atoms with van der Waals surface area (Å²) < 4.78 is 0. The minimum absolute atomic E-state index is 0.0157. The number of rotatable bonds is 6. The van der Waals surface area contributed by atoms with Crippen LogP contribution in [0, 0.1) is 0 Å². The number of hydrogen-bond donors (Lipinski definition) is 2. The Hall–Kier alpha value is -1.66. The molecule has 1 fully saturated rings. The molecule has 0 aliphatic carbocycles. The lowest BCUT2D eigenvalue weighted by atomic mass is 10.2. The summed E-state index contributed by atoms with van der Waals surface area (Å²) in [5.74, 6) is -0.0157. The van der Waals surface area contributed by atoms with Gasteiger partial charge in [-0.25, -0.2) is 0 Å². The molecule has 0 atom stereocenters. The standard InChI is InChI=1S/C18H28N4OS/c1-3-4-5-10-17(23)20-18(24)19-15-8-6-7-9-16(15)22-13-11-21(2)12-14-22/h6-9H,3-5,10-14H2,1-2H3,(H2,19,20,23,24). The van der Waals surface area contributed by atoms with Crippen molar-refractivity contribution in [3.05, 3.63) is 24.3 Å². The summed E-state index contributed by atoms with van der Waals surface area (Å²) in [4.78, 5) is 16.6. The smallest absolute Gasteiger partial charge is 0.226 e. The van der Waals surface area contributed by atoms with E-state index in [1.807, 2.05) is 18.2 Å². The molecule has 24 heavy (non-hydrogen) atoms. The SMILES string of the molecule is CCCCCC(=O)NC(=S)Nc1ccccc1N1CCN(C)CC1. The molecule has 2 rings (SSSR count). The average molecular weight is 349 g/mol. The fourth-order valence-corrected chi connectivity index (χ4v) is 3.00. The topological polar surface area (TPSA) is 47.6 Å².